The van der Waals surface area contributed by atoms with Crippen LogP contribution in [0.15, 0.2) is 72.9 Å². The van der Waals surface area contributed by atoms with Gasteiger partial charge in [-0.05, 0) is 48.0 Å². The topological polar surface area (TPSA) is 76.2 Å². The van der Waals surface area contributed by atoms with Crippen LogP contribution in [0.4, 0.5) is 0 Å². The van der Waals surface area contributed by atoms with Gasteiger partial charge in [-0.25, -0.2) is 0 Å². The smallest absolute Gasteiger partial charge is 0.267 e. The molecule has 0 aliphatic rings. The number of ether oxygens (including phenoxy) is 2. The lowest BCUT2D eigenvalue weighted by atomic mass is 10.2. The predicted molar refractivity (Wildman–Crippen MR) is 111 cm³/mol. The molecule has 2 aromatic carbocycles. The Hall–Kier alpha value is -3.80. The van der Waals surface area contributed by atoms with Gasteiger partial charge in [0, 0.05) is 29.7 Å². The molecule has 29 heavy (non-hydrogen) atoms. The molecule has 0 unspecified atom stereocenters. The highest BCUT2D eigenvalue weighted by Gasteiger charge is 2.10. The number of pyridine rings is 1. The third kappa shape index (κ3) is 4.55. The number of carbonyl (C=O) groups is 1. The Morgan fingerprint density at radius 1 is 1.03 bits per heavy atom. The van der Waals surface area contributed by atoms with Gasteiger partial charge in [0.05, 0.1) is 12.8 Å². The fourth-order valence-electron chi connectivity index (χ4n) is 3.02. The lowest BCUT2D eigenvalue weighted by molar-refractivity contribution is 0.0946. The molecule has 2 heterocycles. The number of aromatic nitrogens is 2. The Bertz CT molecular complexity index is 1120. The summed E-state index contributed by atoms with van der Waals surface area (Å²) < 4.78 is 11.0. The van der Waals surface area contributed by atoms with Gasteiger partial charge in [0.1, 0.15) is 23.8 Å². The van der Waals surface area contributed by atoms with Crippen LogP contribution in [0.1, 0.15) is 21.7 Å². The van der Waals surface area contributed by atoms with Crippen molar-refractivity contribution in [3.8, 4) is 11.5 Å². The zero-order valence-corrected chi connectivity index (χ0v) is 16.0. The Balaban J connectivity index is 1.37. The van der Waals surface area contributed by atoms with E-state index in [1.54, 1.807) is 13.3 Å². The van der Waals surface area contributed by atoms with Crippen molar-refractivity contribution in [1.82, 2.24) is 15.3 Å². The van der Waals surface area contributed by atoms with Crippen molar-refractivity contribution in [2.45, 2.75) is 13.2 Å². The summed E-state index contributed by atoms with van der Waals surface area (Å²) in [7, 11) is 1.62. The van der Waals surface area contributed by atoms with E-state index >= 15 is 0 Å². The number of hydrogen-bond donors (Lipinski definition) is 2. The van der Waals surface area contributed by atoms with Crippen LogP contribution in [-0.2, 0) is 13.2 Å². The first-order valence-corrected chi connectivity index (χ1v) is 9.28. The number of nitrogens with zero attached hydrogens (tertiary/aromatic N) is 1. The Morgan fingerprint density at radius 2 is 1.97 bits per heavy atom. The number of carbonyl (C=O) groups excluding carboxylic acids is 1. The molecule has 6 nitrogen and oxygen atoms in total. The molecule has 6 heteroatoms. The summed E-state index contributed by atoms with van der Waals surface area (Å²) >= 11 is 0. The van der Waals surface area contributed by atoms with E-state index in [1.165, 1.54) is 0 Å². The molecule has 2 aromatic heterocycles. The molecule has 1 amide bonds. The fraction of sp³-hybridized carbons (Fsp3) is 0.130. The van der Waals surface area contributed by atoms with Gasteiger partial charge in [-0.15, -0.1) is 0 Å². The number of amides is 1. The van der Waals surface area contributed by atoms with Gasteiger partial charge >= 0.3 is 0 Å². The van der Waals surface area contributed by atoms with Crippen LogP contribution in [0.3, 0.4) is 0 Å². The lowest BCUT2D eigenvalue weighted by Gasteiger charge is -2.08. The average Bonchev–Trinajstić information content (AvgIpc) is 3.20. The molecule has 0 radical (unpaired) electrons. The SMILES string of the molecule is COc1ccc2cc(C(=O)NCc3cccc(OCc4ccccn4)c3)[nH]c2c1. The maximum Gasteiger partial charge on any atom is 0.267 e. The normalized spacial score (nSPS) is 10.7. The summed E-state index contributed by atoms with van der Waals surface area (Å²) in [4.78, 5) is 19.9. The van der Waals surface area contributed by atoms with E-state index in [0.717, 1.165) is 33.7 Å². The monoisotopic (exact) mass is 387 g/mol. The predicted octanol–water partition coefficient (Wildman–Crippen LogP) is 4.08. The maximum absolute atomic E-state index is 12.5. The second-order valence-corrected chi connectivity index (χ2v) is 6.58. The number of rotatable bonds is 7. The Labute approximate surface area is 168 Å². The third-order valence-corrected chi connectivity index (χ3v) is 4.54. The van der Waals surface area contributed by atoms with Crippen LogP contribution >= 0.6 is 0 Å². The first-order chi connectivity index (χ1) is 14.2. The van der Waals surface area contributed by atoms with Crippen LogP contribution in [0.25, 0.3) is 10.9 Å². The number of aromatic amines is 1. The molecule has 0 saturated carbocycles. The second-order valence-electron chi connectivity index (χ2n) is 6.58. The molecule has 0 saturated heterocycles. The van der Waals surface area contributed by atoms with E-state index in [1.807, 2.05) is 66.7 Å². The highest BCUT2D eigenvalue weighted by molar-refractivity contribution is 5.98. The molecule has 146 valence electrons. The first-order valence-electron chi connectivity index (χ1n) is 9.28. The number of H-pyrrole nitrogens is 1. The number of hydrogen-bond acceptors (Lipinski definition) is 4. The van der Waals surface area contributed by atoms with Gasteiger partial charge in [-0.3, -0.25) is 9.78 Å². The molecule has 0 atom stereocenters. The van der Waals surface area contributed by atoms with Crippen LogP contribution < -0.4 is 14.8 Å². The van der Waals surface area contributed by atoms with Crippen LogP contribution in [0.5, 0.6) is 11.5 Å². The summed E-state index contributed by atoms with van der Waals surface area (Å²) in [5.41, 5.74) is 3.19. The van der Waals surface area contributed by atoms with Gasteiger partial charge in [-0.2, -0.15) is 0 Å². The molecule has 0 fully saturated rings. The second kappa shape index (κ2) is 8.48. The van der Waals surface area contributed by atoms with Crippen molar-refractivity contribution in [2.24, 2.45) is 0 Å². The van der Waals surface area contributed by atoms with Crippen molar-refractivity contribution >= 4 is 16.8 Å². The standard InChI is InChI=1S/C23H21N3O3/c1-28-19-9-8-17-12-22(26-21(17)13-19)23(27)25-14-16-5-4-7-20(11-16)29-15-18-6-2-3-10-24-18/h2-13,26H,14-15H2,1H3,(H,25,27). The third-order valence-electron chi connectivity index (χ3n) is 4.54. The molecule has 0 bridgehead atoms. The molecule has 4 aromatic rings. The van der Waals surface area contributed by atoms with Crippen LogP contribution in [-0.4, -0.2) is 23.0 Å². The van der Waals surface area contributed by atoms with Crippen molar-refractivity contribution in [3.63, 3.8) is 0 Å². The lowest BCUT2D eigenvalue weighted by Crippen LogP contribution is -2.23. The number of nitrogens with one attached hydrogen (secondary N) is 2. The Morgan fingerprint density at radius 3 is 2.79 bits per heavy atom. The molecular formula is C23H21N3O3. The molecule has 0 spiro atoms. The molecule has 2 N–H and O–H groups in total. The van der Waals surface area contributed by atoms with E-state index < -0.39 is 0 Å². The molecule has 4 rings (SSSR count). The van der Waals surface area contributed by atoms with E-state index in [0.29, 0.717) is 18.8 Å². The minimum Gasteiger partial charge on any atom is -0.497 e. The highest BCUT2D eigenvalue weighted by atomic mass is 16.5. The van der Waals surface area contributed by atoms with Crippen molar-refractivity contribution < 1.29 is 14.3 Å². The molecule has 0 aliphatic carbocycles. The zero-order valence-electron chi connectivity index (χ0n) is 16.0. The largest absolute Gasteiger partial charge is 0.497 e. The van der Waals surface area contributed by atoms with E-state index in [2.05, 4.69) is 15.3 Å². The summed E-state index contributed by atoms with van der Waals surface area (Å²) in [5.74, 6) is 1.31. The zero-order chi connectivity index (χ0) is 20.1. The number of methoxy groups -OCH3 is 1. The summed E-state index contributed by atoms with van der Waals surface area (Å²) in [6.07, 6.45) is 1.74. The fourth-order valence-corrected chi connectivity index (χ4v) is 3.02. The maximum atomic E-state index is 12.5. The van der Waals surface area contributed by atoms with Crippen molar-refractivity contribution in [1.29, 1.82) is 0 Å². The van der Waals surface area contributed by atoms with E-state index in [-0.39, 0.29) is 5.91 Å². The van der Waals surface area contributed by atoms with Crippen molar-refractivity contribution in [3.05, 3.63) is 89.9 Å². The van der Waals surface area contributed by atoms with E-state index in [4.69, 9.17) is 9.47 Å². The highest BCUT2D eigenvalue weighted by Crippen LogP contribution is 2.21. The summed E-state index contributed by atoms with van der Waals surface area (Å²) in [5, 5.41) is 3.90. The minimum atomic E-state index is -0.167. The first kappa shape index (κ1) is 18.6. The number of benzene rings is 2. The minimum absolute atomic E-state index is 0.167. The van der Waals surface area contributed by atoms with Gasteiger partial charge in [0.25, 0.3) is 5.91 Å². The van der Waals surface area contributed by atoms with Gasteiger partial charge in [-0.1, -0.05) is 18.2 Å². The quantitative estimate of drug-likeness (QED) is 0.501. The van der Waals surface area contributed by atoms with Crippen LogP contribution in [0, 0.1) is 0 Å². The van der Waals surface area contributed by atoms with Gasteiger partial charge in [0.15, 0.2) is 0 Å². The summed E-state index contributed by atoms with van der Waals surface area (Å²) in [6, 6.07) is 20.9. The van der Waals surface area contributed by atoms with Crippen molar-refractivity contribution in [2.75, 3.05) is 7.11 Å². The molecule has 0 aliphatic heterocycles. The van der Waals surface area contributed by atoms with Crippen LogP contribution in [0.2, 0.25) is 0 Å². The number of fused-ring (bicyclic) bond motifs is 1. The van der Waals surface area contributed by atoms with E-state index in [9.17, 15) is 4.79 Å². The Kier molecular flexibility index (Phi) is 5.42. The molecular weight excluding hydrogens is 366 g/mol. The average molecular weight is 387 g/mol. The summed E-state index contributed by atoms with van der Waals surface area (Å²) in [6.45, 7) is 0.799. The van der Waals surface area contributed by atoms with Gasteiger partial charge in [0.2, 0.25) is 0 Å². The van der Waals surface area contributed by atoms with Gasteiger partial charge < -0.3 is 19.8 Å².